The van der Waals surface area contributed by atoms with Gasteiger partial charge < -0.3 is 29.4 Å². The van der Waals surface area contributed by atoms with E-state index >= 15 is 0 Å². The van der Waals surface area contributed by atoms with Crippen LogP contribution in [0.15, 0.2) is 173 Å². The number of aliphatic hydroxyl groups excluding tert-OH is 1. The molecule has 0 saturated carbocycles. The molecule has 8 nitrogen and oxygen atoms in total. The number of halogens is 1. The van der Waals surface area contributed by atoms with Crippen LogP contribution in [-0.4, -0.2) is 42.2 Å². The SMILES string of the molecule is O=C(NCCc1ccc(OCc2ccccc2)c(OCc2ccccc2)c1)[C@]1(C/C=C/c2ccccc2)N=C(c2ccc(OCCCO)cc2)O[C@@H]1c1ccc(Br)cc1. The van der Waals surface area contributed by atoms with E-state index in [1.54, 1.807) is 0 Å². The molecule has 0 spiro atoms. The number of nitrogens with zero attached hydrogens (tertiary/aromatic N) is 1. The number of rotatable bonds is 19. The summed E-state index contributed by atoms with van der Waals surface area (Å²) >= 11 is 3.56. The van der Waals surface area contributed by atoms with Crippen molar-refractivity contribution in [3.05, 3.63) is 202 Å². The summed E-state index contributed by atoms with van der Waals surface area (Å²) in [7, 11) is 0. The van der Waals surface area contributed by atoms with Crippen molar-refractivity contribution in [3.8, 4) is 17.2 Å². The Morgan fingerprint density at radius 3 is 2.05 bits per heavy atom. The summed E-state index contributed by atoms with van der Waals surface area (Å²) in [6.45, 7) is 1.61. The third-order valence-corrected chi connectivity index (χ3v) is 10.5. The molecular weight excluding hydrogens is 804 g/mol. The Hall–Kier alpha value is -6.16. The Bertz CT molecular complexity index is 2300. The van der Waals surface area contributed by atoms with E-state index in [1.165, 1.54) is 0 Å². The molecule has 300 valence electrons. The highest BCUT2D eigenvalue weighted by molar-refractivity contribution is 9.10. The molecule has 59 heavy (non-hydrogen) atoms. The number of carbonyl (C=O) groups excluding carboxylic acids is 1. The van der Waals surface area contributed by atoms with Crippen molar-refractivity contribution in [2.24, 2.45) is 4.99 Å². The predicted molar refractivity (Wildman–Crippen MR) is 236 cm³/mol. The quantitative estimate of drug-likeness (QED) is 0.0788. The number of ether oxygens (including phenoxy) is 4. The van der Waals surface area contributed by atoms with Crippen molar-refractivity contribution in [2.75, 3.05) is 19.8 Å². The lowest BCUT2D eigenvalue weighted by molar-refractivity contribution is -0.128. The van der Waals surface area contributed by atoms with Crippen LogP contribution in [0.2, 0.25) is 0 Å². The van der Waals surface area contributed by atoms with Gasteiger partial charge in [0.2, 0.25) is 5.90 Å². The lowest BCUT2D eigenvalue weighted by Crippen LogP contribution is -2.48. The number of nitrogens with one attached hydrogen (secondary N) is 1. The summed E-state index contributed by atoms with van der Waals surface area (Å²) in [4.78, 5) is 20.0. The molecule has 2 atom stereocenters. The molecular formula is C50H47BrN2O6. The van der Waals surface area contributed by atoms with Gasteiger partial charge in [0.05, 0.1) is 6.61 Å². The molecule has 0 aromatic heterocycles. The van der Waals surface area contributed by atoms with E-state index in [0.29, 0.717) is 62.4 Å². The molecule has 6 aromatic rings. The van der Waals surface area contributed by atoms with Crippen molar-refractivity contribution in [2.45, 2.75) is 44.1 Å². The van der Waals surface area contributed by atoms with E-state index in [1.807, 2.05) is 170 Å². The number of hydrogen-bond acceptors (Lipinski definition) is 7. The topological polar surface area (TPSA) is 98.6 Å². The standard InChI is InChI=1S/C50H47BrN2O6/c51-43-24-20-41(21-25-43)47-50(30-10-18-37-12-4-1-5-13-37,53-48(59-47)42-22-26-44(27-23-42)56-33-11-32-54)49(55)52-31-29-38-19-28-45(57-35-39-14-6-2-7-15-39)46(34-38)58-36-40-16-8-3-9-17-40/h1-10,12-28,34,47,54H,11,29-33,35-36H2,(H,52,55)/b18-10+/t47-,50-/m1/s1. The summed E-state index contributed by atoms with van der Waals surface area (Å²) in [6, 6.07) is 51.3. The lowest BCUT2D eigenvalue weighted by Gasteiger charge is -2.30. The molecule has 1 aliphatic rings. The van der Waals surface area contributed by atoms with Gasteiger partial charge in [-0.25, -0.2) is 4.99 Å². The van der Waals surface area contributed by atoms with Gasteiger partial charge in [0.25, 0.3) is 5.91 Å². The van der Waals surface area contributed by atoms with Crippen LogP contribution in [0.4, 0.5) is 0 Å². The van der Waals surface area contributed by atoms with Gasteiger partial charge in [-0.15, -0.1) is 0 Å². The van der Waals surface area contributed by atoms with Crippen LogP contribution in [0.5, 0.6) is 17.2 Å². The molecule has 0 aliphatic carbocycles. The van der Waals surface area contributed by atoms with Gasteiger partial charge in [-0.2, -0.15) is 0 Å². The number of aliphatic hydroxyl groups is 1. The van der Waals surface area contributed by atoms with E-state index in [-0.39, 0.29) is 18.9 Å². The second kappa shape index (κ2) is 20.5. The zero-order valence-electron chi connectivity index (χ0n) is 32.7. The van der Waals surface area contributed by atoms with E-state index in [0.717, 1.165) is 37.9 Å². The van der Waals surface area contributed by atoms with Crippen LogP contribution in [-0.2, 0) is 29.2 Å². The van der Waals surface area contributed by atoms with Gasteiger partial charge in [-0.05, 0) is 82.8 Å². The third-order valence-electron chi connectivity index (χ3n) is 9.92. The first-order valence-corrected chi connectivity index (χ1v) is 20.6. The van der Waals surface area contributed by atoms with E-state index < -0.39 is 11.6 Å². The molecule has 7 rings (SSSR count). The van der Waals surface area contributed by atoms with E-state index in [9.17, 15) is 4.79 Å². The fourth-order valence-corrected chi connectivity index (χ4v) is 7.04. The molecule has 0 unspecified atom stereocenters. The Balaban J connectivity index is 1.14. The first-order chi connectivity index (χ1) is 29.0. The van der Waals surface area contributed by atoms with Crippen LogP contribution >= 0.6 is 15.9 Å². The molecule has 6 aromatic carbocycles. The summed E-state index contributed by atoms with van der Waals surface area (Å²) in [5.41, 5.74) is 4.33. The maximum Gasteiger partial charge on any atom is 0.252 e. The van der Waals surface area contributed by atoms with Crippen molar-refractivity contribution >= 4 is 33.8 Å². The molecule has 9 heteroatoms. The second-order valence-corrected chi connectivity index (χ2v) is 15.1. The maximum absolute atomic E-state index is 14.8. The minimum absolute atomic E-state index is 0.0592. The van der Waals surface area contributed by atoms with Crippen LogP contribution < -0.4 is 19.5 Å². The lowest BCUT2D eigenvalue weighted by atomic mass is 9.84. The number of benzene rings is 6. The van der Waals surface area contributed by atoms with Gasteiger partial charge in [0, 0.05) is 36.0 Å². The van der Waals surface area contributed by atoms with Crippen molar-refractivity contribution in [1.29, 1.82) is 0 Å². The third kappa shape index (κ3) is 11.1. The van der Waals surface area contributed by atoms with Gasteiger partial charge >= 0.3 is 0 Å². The molecule has 1 heterocycles. The highest BCUT2D eigenvalue weighted by Gasteiger charge is 2.52. The molecule has 0 radical (unpaired) electrons. The van der Waals surface area contributed by atoms with E-state index in [4.69, 9.17) is 29.0 Å². The zero-order chi connectivity index (χ0) is 40.7. The first kappa shape index (κ1) is 41.0. The molecule has 1 aliphatic heterocycles. The number of carbonyl (C=O) groups is 1. The van der Waals surface area contributed by atoms with Crippen molar-refractivity contribution < 1.29 is 28.8 Å². The Morgan fingerprint density at radius 2 is 1.39 bits per heavy atom. The monoisotopic (exact) mass is 850 g/mol. The average molecular weight is 852 g/mol. The highest BCUT2D eigenvalue weighted by Crippen LogP contribution is 2.43. The fourth-order valence-electron chi connectivity index (χ4n) is 6.78. The highest BCUT2D eigenvalue weighted by atomic mass is 79.9. The Labute approximate surface area is 354 Å². The molecule has 1 amide bonds. The maximum atomic E-state index is 14.8. The summed E-state index contributed by atoms with van der Waals surface area (Å²) < 4.78 is 26.0. The largest absolute Gasteiger partial charge is 0.494 e. The first-order valence-electron chi connectivity index (χ1n) is 19.8. The minimum Gasteiger partial charge on any atom is -0.494 e. The van der Waals surface area contributed by atoms with Gasteiger partial charge in [0.15, 0.2) is 23.1 Å². The normalized spacial score (nSPS) is 16.0. The van der Waals surface area contributed by atoms with Gasteiger partial charge in [-0.1, -0.05) is 137 Å². The summed E-state index contributed by atoms with van der Waals surface area (Å²) in [5.74, 6) is 2.08. The van der Waals surface area contributed by atoms with Crippen LogP contribution in [0.25, 0.3) is 6.08 Å². The predicted octanol–water partition coefficient (Wildman–Crippen LogP) is 10.1. The molecule has 0 saturated heterocycles. The Morgan fingerprint density at radius 1 is 0.746 bits per heavy atom. The molecule has 0 bridgehead atoms. The van der Waals surface area contributed by atoms with Crippen molar-refractivity contribution in [3.63, 3.8) is 0 Å². The fraction of sp³-hybridized carbons (Fsp3) is 0.200. The van der Waals surface area contributed by atoms with Crippen LogP contribution in [0, 0.1) is 0 Å². The number of hydrogen-bond donors (Lipinski definition) is 2. The summed E-state index contributed by atoms with van der Waals surface area (Å²) in [6.07, 6.45) is 4.66. The summed E-state index contributed by atoms with van der Waals surface area (Å²) in [5, 5.41) is 12.4. The average Bonchev–Trinajstić information content (AvgIpc) is 3.67. The van der Waals surface area contributed by atoms with E-state index in [2.05, 4.69) is 21.2 Å². The second-order valence-electron chi connectivity index (χ2n) is 14.2. The molecule has 2 N–H and O–H groups in total. The van der Waals surface area contributed by atoms with Crippen LogP contribution in [0.3, 0.4) is 0 Å². The van der Waals surface area contributed by atoms with Gasteiger partial charge in [-0.3, -0.25) is 4.79 Å². The Kier molecular flexibility index (Phi) is 14.3. The van der Waals surface area contributed by atoms with Crippen LogP contribution in [0.1, 0.15) is 52.3 Å². The number of aliphatic imine (C=N–C) groups is 1. The van der Waals surface area contributed by atoms with Gasteiger partial charge in [0.1, 0.15) is 19.0 Å². The zero-order valence-corrected chi connectivity index (χ0v) is 34.3. The minimum atomic E-state index is -1.33. The molecule has 0 fully saturated rings. The van der Waals surface area contributed by atoms with Crippen molar-refractivity contribution in [1.82, 2.24) is 5.32 Å². The number of amides is 1. The smallest absolute Gasteiger partial charge is 0.252 e.